The first-order valence-corrected chi connectivity index (χ1v) is 11.5. The van der Waals surface area contributed by atoms with Gasteiger partial charge in [-0.1, -0.05) is 69.3 Å². The Kier molecular flexibility index (Phi) is 4.84. The molecular weight excluding hydrogens is 402 g/mol. The molecule has 1 saturated carbocycles. The molecule has 0 radical (unpaired) electrons. The zero-order valence-corrected chi connectivity index (χ0v) is 19.0. The van der Waals surface area contributed by atoms with Gasteiger partial charge in [0.15, 0.2) is 0 Å². The minimum absolute atomic E-state index is 0.00233. The average molecular weight is 434 g/mol. The lowest BCUT2D eigenvalue weighted by atomic mass is 9.70. The van der Waals surface area contributed by atoms with Crippen LogP contribution in [0.15, 0.2) is 48.5 Å². The Hall–Kier alpha value is -2.82. The van der Waals surface area contributed by atoms with E-state index in [1.807, 2.05) is 24.3 Å². The number of ether oxygens (including phenoxy) is 1. The zero-order chi connectivity index (χ0) is 22.7. The first-order valence-electron chi connectivity index (χ1n) is 11.5. The van der Waals surface area contributed by atoms with Crippen molar-refractivity contribution in [2.45, 2.75) is 39.5 Å². The molecule has 1 heterocycles. The van der Waals surface area contributed by atoms with Gasteiger partial charge in [-0.15, -0.1) is 0 Å². The van der Waals surface area contributed by atoms with Gasteiger partial charge < -0.3 is 14.7 Å². The average Bonchev–Trinajstić information content (AvgIpc) is 3.36. The van der Waals surface area contributed by atoms with Gasteiger partial charge in [-0.3, -0.25) is 4.79 Å². The Morgan fingerprint density at radius 2 is 1.66 bits per heavy atom. The highest BCUT2D eigenvalue weighted by Gasteiger charge is 2.60. The molecule has 2 aliphatic carbocycles. The standard InChI is InChI=1S/C27H31NO4/c1-17-12-26(2,3)15-27(17)16-28(13-23(27)24(29)30)25(31)32-14-22-20-10-6-4-8-18(20)19-9-5-7-11-21(19)22/h4-11,17,22-23H,12-16H2,1-3H3,(H,29,30). The molecule has 32 heavy (non-hydrogen) atoms. The van der Waals surface area contributed by atoms with Crippen molar-refractivity contribution in [2.24, 2.45) is 22.7 Å². The lowest BCUT2D eigenvalue weighted by Crippen LogP contribution is -2.38. The predicted molar refractivity (Wildman–Crippen MR) is 122 cm³/mol. The van der Waals surface area contributed by atoms with Crippen LogP contribution in [0.4, 0.5) is 4.79 Å². The zero-order valence-electron chi connectivity index (χ0n) is 19.0. The fraction of sp³-hybridized carbons (Fsp3) is 0.481. The number of carbonyl (C=O) groups excluding carboxylic acids is 1. The third-order valence-corrected chi connectivity index (χ3v) is 8.12. The molecule has 2 aromatic rings. The number of carbonyl (C=O) groups is 2. The monoisotopic (exact) mass is 433 g/mol. The van der Waals surface area contributed by atoms with Crippen molar-refractivity contribution in [2.75, 3.05) is 19.7 Å². The van der Waals surface area contributed by atoms with Crippen LogP contribution in [-0.4, -0.2) is 41.8 Å². The number of likely N-dealkylation sites (tertiary alicyclic amines) is 1. The number of rotatable bonds is 3. The van der Waals surface area contributed by atoms with Gasteiger partial charge in [0.25, 0.3) is 0 Å². The molecule has 1 spiro atoms. The number of amides is 1. The van der Waals surface area contributed by atoms with Crippen LogP contribution in [0.3, 0.4) is 0 Å². The summed E-state index contributed by atoms with van der Waals surface area (Å²) in [5, 5.41) is 9.97. The number of aliphatic carboxylic acids is 1. The van der Waals surface area contributed by atoms with Crippen LogP contribution in [0.2, 0.25) is 0 Å². The lowest BCUT2D eigenvalue weighted by Gasteiger charge is -2.33. The SMILES string of the molecule is CC1CC(C)(C)CC12CN(C(=O)OCC1c3ccccc3-c3ccccc31)CC2C(=O)O. The van der Waals surface area contributed by atoms with E-state index >= 15 is 0 Å². The highest BCUT2D eigenvalue weighted by atomic mass is 16.6. The summed E-state index contributed by atoms with van der Waals surface area (Å²) in [4.78, 5) is 26.9. The second kappa shape index (κ2) is 7.36. The Bertz CT molecular complexity index is 1030. The van der Waals surface area contributed by atoms with E-state index < -0.39 is 18.0 Å². The molecule has 2 aromatic carbocycles. The summed E-state index contributed by atoms with van der Waals surface area (Å²) >= 11 is 0. The van der Waals surface area contributed by atoms with Crippen LogP contribution in [0.5, 0.6) is 0 Å². The minimum atomic E-state index is -0.802. The minimum Gasteiger partial charge on any atom is -0.481 e. The largest absolute Gasteiger partial charge is 0.481 e. The third kappa shape index (κ3) is 3.21. The molecule has 3 unspecified atom stereocenters. The van der Waals surface area contributed by atoms with Crippen LogP contribution >= 0.6 is 0 Å². The van der Waals surface area contributed by atoms with Crippen LogP contribution in [0.1, 0.15) is 50.7 Å². The van der Waals surface area contributed by atoms with Gasteiger partial charge in [-0.2, -0.15) is 0 Å². The highest BCUT2D eigenvalue weighted by molar-refractivity contribution is 5.79. The van der Waals surface area contributed by atoms with Crippen molar-refractivity contribution in [1.29, 1.82) is 0 Å². The molecule has 0 aromatic heterocycles. The molecule has 1 aliphatic heterocycles. The van der Waals surface area contributed by atoms with Crippen LogP contribution in [0, 0.1) is 22.7 Å². The van der Waals surface area contributed by atoms with Crippen molar-refractivity contribution >= 4 is 12.1 Å². The molecular formula is C27H31NO4. The van der Waals surface area contributed by atoms with Crippen LogP contribution < -0.4 is 0 Å². The number of hydrogen-bond donors (Lipinski definition) is 1. The summed E-state index contributed by atoms with van der Waals surface area (Å²) in [6, 6.07) is 16.5. The summed E-state index contributed by atoms with van der Waals surface area (Å²) in [7, 11) is 0. The molecule has 1 saturated heterocycles. The first-order chi connectivity index (χ1) is 15.2. The van der Waals surface area contributed by atoms with E-state index in [1.54, 1.807) is 4.90 Å². The molecule has 1 N–H and O–H groups in total. The van der Waals surface area contributed by atoms with Crippen LogP contribution in [0.25, 0.3) is 11.1 Å². The number of fused-ring (bicyclic) bond motifs is 3. The van der Waals surface area contributed by atoms with Crippen LogP contribution in [-0.2, 0) is 9.53 Å². The van der Waals surface area contributed by atoms with E-state index in [4.69, 9.17) is 4.74 Å². The Morgan fingerprint density at radius 1 is 1.06 bits per heavy atom. The van der Waals surface area contributed by atoms with Gasteiger partial charge in [-0.25, -0.2) is 4.79 Å². The van der Waals surface area contributed by atoms with E-state index in [1.165, 1.54) is 22.3 Å². The van der Waals surface area contributed by atoms with E-state index in [9.17, 15) is 14.7 Å². The van der Waals surface area contributed by atoms with Gasteiger partial charge in [0, 0.05) is 24.4 Å². The lowest BCUT2D eigenvalue weighted by molar-refractivity contribution is -0.145. The fourth-order valence-electron chi connectivity index (χ4n) is 6.93. The summed E-state index contributed by atoms with van der Waals surface area (Å²) in [6.07, 6.45) is 1.41. The van der Waals surface area contributed by atoms with Crippen molar-refractivity contribution in [3.63, 3.8) is 0 Å². The van der Waals surface area contributed by atoms with Gasteiger partial charge >= 0.3 is 12.1 Å². The van der Waals surface area contributed by atoms with E-state index in [0.29, 0.717) is 6.54 Å². The summed E-state index contributed by atoms with van der Waals surface area (Å²) in [6.45, 7) is 7.50. The number of nitrogens with zero attached hydrogens (tertiary/aromatic N) is 1. The number of carboxylic acids is 1. The maximum atomic E-state index is 13.1. The Balaban J connectivity index is 1.34. The van der Waals surface area contributed by atoms with Crippen molar-refractivity contribution < 1.29 is 19.4 Å². The molecule has 168 valence electrons. The van der Waals surface area contributed by atoms with E-state index in [2.05, 4.69) is 45.0 Å². The van der Waals surface area contributed by atoms with Crippen molar-refractivity contribution in [1.82, 2.24) is 4.90 Å². The molecule has 0 bridgehead atoms. The number of benzene rings is 2. The number of hydrogen-bond acceptors (Lipinski definition) is 3. The summed E-state index contributed by atoms with van der Waals surface area (Å²) in [5.74, 6) is -1.09. The second-order valence-electron chi connectivity index (χ2n) is 10.8. The quantitative estimate of drug-likeness (QED) is 0.704. The van der Waals surface area contributed by atoms with Gasteiger partial charge in [0.05, 0.1) is 5.92 Å². The third-order valence-electron chi connectivity index (χ3n) is 8.12. The number of carboxylic acid groups (broad SMARTS) is 1. The van der Waals surface area contributed by atoms with Crippen molar-refractivity contribution in [3.05, 3.63) is 59.7 Å². The fourth-order valence-corrected chi connectivity index (χ4v) is 6.93. The molecule has 1 amide bonds. The molecule has 5 nitrogen and oxygen atoms in total. The first kappa shape index (κ1) is 21.0. The highest BCUT2D eigenvalue weighted by Crippen LogP contribution is 2.59. The molecule has 5 heteroatoms. The predicted octanol–water partition coefficient (Wildman–Crippen LogP) is 5.39. The van der Waals surface area contributed by atoms with Gasteiger partial charge in [0.1, 0.15) is 6.61 Å². The summed E-state index contributed by atoms with van der Waals surface area (Å²) in [5.41, 5.74) is 4.45. The van der Waals surface area contributed by atoms with E-state index in [0.717, 1.165) is 12.8 Å². The summed E-state index contributed by atoms with van der Waals surface area (Å²) < 4.78 is 5.84. The smallest absolute Gasteiger partial charge is 0.409 e. The van der Waals surface area contributed by atoms with E-state index in [-0.39, 0.29) is 35.8 Å². The Labute approximate surface area is 189 Å². The Morgan fingerprint density at radius 3 is 2.19 bits per heavy atom. The van der Waals surface area contributed by atoms with Crippen molar-refractivity contribution in [3.8, 4) is 11.1 Å². The maximum Gasteiger partial charge on any atom is 0.409 e. The maximum absolute atomic E-state index is 13.1. The molecule has 3 atom stereocenters. The van der Waals surface area contributed by atoms with Gasteiger partial charge in [-0.05, 0) is 46.4 Å². The molecule has 5 rings (SSSR count). The normalized spacial score (nSPS) is 28.0. The van der Waals surface area contributed by atoms with Gasteiger partial charge in [0.2, 0.25) is 0 Å². The second-order valence-corrected chi connectivity index (χ2v) is 10.8. The molecule has 2 fully saturated rings. The molecule has 3 aliphatic rings. The topological polar surface area (TPSA) is 66.8 Å².